The van der Waals surface area contributed by atoms with Crippen LogP contribution in [-0.4, -0.2) is 91.1 Å². The van der Waals surface area contributed by atoms with Crippen molar-refractivity contribution >= 4 is 17.5 Å². The van der Waals surface area contributed by atoms with E-state index >= 15 is 0 Å². The minimum atomic E-state index is -0.308. The Morgan fingerprint density at radius 3 is 2.03 bits per heavy atom. The average Bonchev–Trinajstić information content (AvgIpc) is 3.37. The number of aromatic nitrogens is 2. The van der Waals surface area contributed by atoms with Gasteiger partial charge in [-0.3, -0.25) is 10.1 Å². The molecule has 1 aromatic rings. The van der Waals surface area contributed by atoms with E-state index in [1.807, 2.05) is 0 Å². The Bertz CT molecular complexity index is 775. The molecule has 0 saturated carbocycles. The summed E-state index contributed by atoms with van der Waals surface area (Å²) in [6, 6.07) is 0. The highest BCUT2D eigenvalue weighted by Crippen LogP contribution is 2.35. The Hall–Kier alpha value is -2.00. The number of rotatable bonds is 11. The van der Waals surface area contributed by atoms with Crippen molar-refractivity contribution in [3.8, 4) is 0 Å². The monoisotopic (exact) mass is 447 g/mol. The van der Waals surface area contributed by atoms with Crippen molar-refractivity contribution < 1.29 is 4.92 Å². The molecule has 0 bridgehead atoms. The SMILES string of the molecule is CCCN(C)C[C@H]1CCN(c2nc(C)c([N+](=O)[O-])c(N3CC[C@@H](CN(C)CCC)C3)n2)C1. The summed E-state index contributed by atoms with van der Waals surface area (Å²) in [7, 11) is 4.34. The third-order valence-corrected chi connectivity index (χ3v) is 6.72. The predicted molar refractivity (Wildman–Crippen MR) is 130 cm³/mol. The van der Waals surface area contributed by atoms with Gasteiger partial charge in [-0.2, -0.15) is 4.98 Å². The molecule has 2 aliphatic rings. The second-order valence-electron chi connectivity index (χ2n) is 9.76. The predicted octanol–water partition coefficient (Wildman–Crippen LogP) is 3.03. The van der Waals surface area contributed by atoms with E-state index in [0.29, 0.717) is 29.3 Å². The van der Waals surface area contributed by atoms with Crippen molar-refractivity contribution in [2.45, 2.75) is 46.5 Å². The van der Waals surface area contributed by atoms with Crippen LogP contribution in [0.1, 0.15) is 45.2 Å². The lowest BCUT2D eigenvalue weighted by molar-refractivity contribution is -0.385. The maximum Gasteiger partial charge on any atom is 0.332 e. The normalized spacial score (nSPS) is 21.3. The minimum absolute atomic E-state index is 0.0646. The van der Waals surface area contributed by atoms with Gasteiger partial charge in [0.1, 0.15) is 5.69 Å². The first kappa shape index (κ1) is 24.6. The van der Waals surface area contributed by atoms with Crippen molar-refractivity contribution in [3.05, 3.63) is 15.8 Å². The zero-order valence-electron chi connectivity index (χ0n) is 20.6. The van der Waals surface area contributed by atoms with Gasteiger partial charge in [0.2, 0.25) is 11.8 Å². The summed E-state index contributed by atoms with van der Waals surface area (Å²) >= 11 is 0. The second-order valence-corrected chi connectivity index (χ2v) is 9.76. The van der Waals surface area contributed by atoms with E-state index in [1.165, 1.54) is 0 Å². The standard InChI is InChI=1S/C23H41N7O2/c1-6-10-26(4)14-19-8-12-28(16-19)22-21(30(31)32)18(3)24-23(25-22)29-13-9-20(17-29)15-27(5)11-7-2/h19-20H,6-17H2,1-5H3/t19-,20+/m0/s1. The zero-order chi connectivity index (χ0) is 23.3. The molecule has 3 heterocycles. The van der Waals surface area contributed by atoms with Gasteiger partial charge in [-0.05, 0) is 71.6 Å². The Kier molecular flexibility index (Phi) is 8.64. The number of hydrogen-bond donors (Lipinski definition) is 0. The first-order valence-electron chi connectivity index (χ1n) is 12.2. The molecule has 2 atom stereocenters. The number of anilines is 2. The number of nitro groups is 1. The van der Waals surface area contributed by atoms with Gasteiger partial charge in [0.25, 0.3) is 0 Å². The van der Waals surface area contributed by atoms with Crippen LogP contribution in [0, 0.1) is 28.9 Å². The van der Waals surface area contributed by atoms with Crippen LogP contribution in [0.15, 0.2) is 0 Å². The topological polar surface area (TPSA) is 81.9 Å². The van der Waals surface area contributed by atoms with Crippen molar-refractivity contribution in [2.24, 2.45) is 11.8 Å². The van der Waals surface area contributed by atoms with E-state index in [2.05, 4.69) is 52.5 Å². The Balaban J connectivity index is 1.75. The molecule has 0 radical (unpaired) electrons. The van der Waals surface area contributed by atoms with Crippen LogP contribution >= 0.6 is 0 Å². The third-order valence-electron chi connectivity index (χ3n) is 6.72. The summed E-state index contributed by atoms with van der Waals surface area (Å²) < 4.78 is 0. The minimum Gasteiger partial charge on any atom is -0.350 e. The fourth-order valence-corrected chi connectivity index (χ4v) is 5.28. The van der Waals surface area contributed by atoms with E-state index in [-0.39, 0.29) is 10.6 Å². The summed E-state index contributed by atoms with van der Waals surface area (Å²) in [5.74, 6) is 2.24. The number of hydrogen-bond acceptors (Lipinski definition) is 8. The smallest absolute Gasteiger partial charge is 0.332 e. The molecule has 3 rings (SSSR count). The molecule has 0 unspecified atom stereocenters. The van der Waals surface area contributed by atoms with E-state index in [9.17, 15) is 10.1 Å². The molecule has 180 valence electrons. The largest absolute Gasteiger partial charge is 0.350 e. The molecule has 9 heteroatoms. The van der Waals surface area contributed by atoms with E-state index < -0.39 is 0 Å². The van der Waals surface area contributed by atoms with Crippen LogP contribution in [0.2, 0.25) is 0 Å². The van der Waals surface area contributed by atoms with Gasteiger partial charge >= 0.3 is 5.69 Å². The molecule has 32 heavy (non-hydrogen) atoms. The summed E-state index contributed by atoms with van der Waals surface area (Å²) in [4.78, 5) is 30.0. The van der Waals surface area contributed by atoms with Gasteiger partial charge in [-0.1, -0.05) is 13.8 Å². The fourth-order valence-electron chi connectivity index (χ4n) is 5.28. The number of aryl methyl sites for hydroxylation is 1. The molecule has 0 amide bonds. The summed E-state index contributed by atoms with van der Waals surface area (Å²) in [5, 5.41) is 11.9. The quantitative estimate of drug-likeness (QED) is 0.378. The highest BCUT2D eigenvalue weighted by atomic mass is 16.6. The van der Waals surface area contributed by atoms with Crippen LogP contribution in [0.5, 0.6) is 0 Å². The van der Waals surface area contributed by atoms with E-state index in [4.69, 9.17) is 4.98 Å². The van der Waals surface area contributed by atoms with Crippen LogP contribution in [-0.2, 0) is 0 Å². The summed E-state index contributed by atoms with van der Waals surface area (Å²) in [6.45, 7) is 13.9. The van der Waals surface area contributed by atoms with Gasteiger partial charge in [0, 0.05) is 39.3 Å². The third kappa shape index (κ3) is 6.07. The molecule has 0 aliphatic carbocycles. The maximum absolute atomic E-state index is 11.9. The molecular formula is C23H41N7O2. The molecule has 2 aliphatic heterocycles. The van der Waals surface area contributed by atoms with Gasteiger partial charge in [0.05, 0.1) is 4.92 Å². The molecule has 0 aromatic carbocycles. The first-order chi connectivity index (χ1) is 15.3. The van der Waals surface area contributed by atoms with E-state index in [1.54, 1.807) is 6.92 Å². The molecule has 9 nitrogen and oxygen atoms in total. The Labute approximate surface area is 192 Å². The lowest BCUT2D eigenvalue weighted by atomic mass is 10.1. The molecule has 2 saturated heterocycles. The summed E-state index contributed by atoms with van der Waals surface area (Å²) in [6.07, 6.45) is 4.45. The molecule has 1 aromatic heterocycles. The van der Waals surface area contributed by atoms with Gasteiger partial charge < -0.3 is 19.6 Å². The lowest BCUT2D eigenvalue weighted by Crippen LogP contribution is -2.31. The van der Waals surface area contributed by atoms with Crippen molar-refractivity contribution in [1.29, 1.82) is 0 Å². The molecule has 0 N–H and O–H groups in total. The van der Waals surface area contributed by atoms with Gasteiger partial charge in [-0.15, -0.1) is 0 Å². The van der Waals surface area contributed by atoms with Crippen molar-refractivity contribution in [2.75, 3.05) is 76.3 Å². The van der Waals surface area contributed by atoms with Crippen molar-refractivity contribution in [3.63, 3.8) is 0 Å². The van der Waals surface area contributed by atoms with Crippen LogP contribution in [0.25, 0.3) is 0 Å². The highest BCUT2D eigenvalue weighted by Gasteiger charge is 2.34. The van der Waals surface area contributed by atoms with Gasteiger partial charge in [-0.25, -0.2) is 4.98 Å². The van der Waals surface area contributed by atoms with Gasteiger partial charge in [0.15, 0.2) is 0 Å². The maximum atomic E-state index is 11.9. The average molecular weight is 448 g/mol. The Morgan fingerprint density at radius 1 is 0.969 bits per heavy atom. The second kappa shape index (κ2) is 11.2. The molecule has 0 spiro atoms. The fraction of sp³-hybridized carbons (Fsp3) is 0.826. The van der Waals surface area contributed by atoms with E-state index in [0.717, 1.165) is 78.0 Å². The van der Waals surface area contributed by atoms with Crippen LogP contribution in [0.3, 0.4) is 0 Å². The zero-order valence-corrected chi connectivity index (χ0v) is 20.6. The molecular weight excluding hydrogens is 406 g/mol. The Morgan fingerprint density at radius 2 is 1.50 bits per heavy atom. The van der Waals surface area contributed by atoms with Crippen molar-refractivity contribution in [1.82, 2.24) is 19.8 Å². The summed E-state index contributed by atoms with van der Waals surface area (Å²) in [5.41, 5.74) is 0.530. The molecule has 2 fully saturated rings. The lowest BCUT2D eigenvalue weighted by Gasteiger charge is -2.24. The van der Waals surface area contributed by atoms with Crippen LogP contribution in [0.4, 0.5) is 17.5 Å². The highest BCUT2D eigenvalue weighted by molar-refractivity contribution is 5.63. The number of nitrogens with zero attached hydrogens (tertiary/aromatic N) is 7. The van der Waals surface area contributed by atoms with Crippen LogP contribution < -0.4 is 9.80 Å². The first-order valence-corrected chi connectivity index (χ1v) is 12.2.